The van der Waals surface area contributed by atoms with Crippen molar-refractivity contribution in [2.24, 2.45) is 5.73 Å². The Labute approximate surface area is 219 Å². The van der Waals surface area contributed by atoms with Crippen LogP contribution in [0.4, 0.5) is 0 Å². The summed E-state index contributed by atoms with van der Waals surface area (Å²) in [4.78, 5) is 49.9. The number of benzene rings is 1. The number of thioether (sulfide) groups is 2. The van der Waals surface area contributed by atoms with E-state index in [2.05, 4.69) is 28.6 Å². The molecule has 13 heteroatoms. The summed E-state index contributed by atoms with van der Waals surface area (Å²) in [7, 11) is 0. The Kier molecular flexibility index (Phi) is 14.6. The van der Waals surface area contributed by atoms with Gasteiger partial charge in [-0.25, -0.2) is 4.79 Å². The number of hydrogen-bond donors (Lipinski definition) is 7. The van der Waals surface area contributed by atoms with Crippen molar-refractivity contribution in [3.8, 4) is 5.75 Å². The molecule has 0 heterocycles. The van der Waals surface area contributed by atoms with E-state index in [-0.39, 0.29) is 24.3 Å². The van der Waals surface area contributed by atoms with E-state index in [1.165, 1.54) is 23.9 Å². The first-order valence-corrected chi connectivity index (χ1v) is 14.3. The maximum atomic E-state index is 13.2. The van der Waals surface area contributed by atoms with Gasteiger partial charge in [-0.2, -0.15) is 36.2 Å². The highest BCUT2D eigenvalue weighted by Crippen LogP contribution is 2.12. The molecule has 4 atom stereocenters. The quantitative estimate of drug-likeness (QED) is 0.143. The molecule has 0 aliphatic heterocycles. The lowest BCUT2D eigenvalue weighted by Crippen LogP contribution is -2.58. The summed E-state index contributed by atoms with van der Waals surface area (Å²) in [6.45, 7) is 0. The predicted octanol–water partition coefficient (Wildman–Crippen LogP) is 0.237. The topological polar surface area (TPSA) is 171 Å². The van der Waals surface area contributed by atoms with E-state index in [9.17, 15) is 29.4 Å². The minimum Gasteiger partial charge on any atom is -0.508 e. The lowest BCUT2D eigenvalue weighted by atomic mass is 10.0. The molecule has 0 bridgehead atoms. The number of hydrogen-bond acceptors (Lipinski definition) is 9. The molecular weight excluding hydrogens is 512 g/mol. The normalized spacial score (nSPS) is 14.3. The van der Waals surface area contributed by atoms with Gasteiger partial charge in [0.2, 0.25) is 17.7 Å². The van der Waals surface area contributed by atoms with Crippen molar-refractivity contribution in [1.82, 2.24) is 16.0 Å². The van der Waals surface area contributed by atoms with Crippen LogP contribution in [0.5, 0.6) is 5.75 Å². The number of phenolic OH excluding ortho intramolecular Hbond substituents is 1. The first-order chi connectivity index (χ1) is 16.6. The van der Waals surface area contributed by atoms with Crippen LogP contribution in [0.2, 0.25) is 0 Å². The zero-order chi connectivity index (χ0) is 26.4. The molecule has 0 aromatic heterocycles. The highest BCUT2D eigenvalue weighted by atomic mass is 32.2. The predicted molar refractivity (Wildman–Crippen MR) is 143 cm³/mol. The SMILES string of the molecule is CSCCC(N)C(=O)NC(Cc1ccc(O)cc1)C(=O)NC(CCSC)C(=O)NC(CS)C(=O)O. The summed E-state index contributed by atoms with van der Waals surface area (Å²) in [5.74, 6) is -1.84. The molecule has 0 saturated heterocycles. The Balaban J connectivity index is 3.06. The second kappa shape index (κ2) is 16.6. The molecule has 3 amide bonds. The number of nitrogens with one attached hydrogen (secondary N) is 3. The molecule has 1 aromatic rings. The van der Waals surface area contributed by atoms with Crippen LogP contribution in [0.3, 0.4) is 0 Å². The molecule has 196 valence electrons. The van der Waals surface area contributed by atoms with Crippen molar-refractivity contribution in [3.63, 3.8) is 0 Å². The van der Waals surface area contributed by atoms with Crippen LogP contribution in [0, 0.1) is 0 Å². The Morgan fingerprint density at radius 2 is 1.40 bits per heavy atom. The van der Waals surface area contributed by atoms with Crippen LogP contribution in [0.25, 0.3) is 0 Å². The molecule has 35 heavy (non-hydrogen) atoms. The first-order valence-electron chi connectivity index (χ1n) is 10.9. The van der Waals surface area contributed by atoms with Gasteiger partial charge in [0.15, 0.2) is 0 Å². The summed E-state index contributed by atoms with van der Waals surface area (Å²) in [6.07, 6.45) is 4.52. The van der Waals surface area contributed by atoms with Crippen LogP contribution < -0.4 is 21.7 Å². The van der Waals surface area contributed by atoms with Gasteiger partial charge < -0.3 is 31.9 Å². The maximum Gasteiger partial charge on any atom is 0.327 e. The average molecular weight is 547 g/mol. The van der Waals surface area contributed by atoms with Crippen molar-refractivity contribution in [3.05, 3.63) is 29.8 Å². The Hall–Kier alpha value is -2.09. The molecular formula is C22H34N4O6S3. The van der Waals surface area contributed by atoms with Crippen molar-refractivity contribution in [2.45, 2.75) is 43.4 Å². The number of carbonyl (C=O) groups excluding carboxylic acids is 3. The zero-order valence-electron chi connectivity index (χ0n) is 19.7. The summed E-state index contributed by atoms with van der Waals surface area (Å²) in [5.41, 5.74) is 6.63. The lowest BCUT2D eigenvalue weighted by molar-refractivity contribution is -0.141. The minimum atomic E-state index is -1.24. The third-order valence-electron chi connectivity index (χ3n) is 5.02. The van der Waals surface area contributed by atoms with Crippen molar-refractivity contribution >= 4 is 59.8 Å². The molecule has 7 N–H and O–H groups in total. The lowest BCUT2D eigenvalue weighted by Gasteiger charge is -2.25. The van der Waals surface area contributed by atoms with Gasteiger partial charge in [-0.3, -0.25) is 14.4 Å². The first kappa shape index (κ1) is 30.9. The second-order valence-electron chi connectivity index (χ2n) is 7.74. The number of carboxylic acid groups (broad SMARTS) is 1. The Bertz CT molecular complexity index is 843. The van der Waals surface area contributed by atoms with Gasteiger partial charge in [-0.15, -0.1) is 0 Å². The average Bonchev–Trinajstić information content (AvgIpc) is 2.83. The fourth-order valence-electron chi connectivity index (χ4n) is 2.97. The molecule has 0 fully saturated rings. The maximum absolute atomic E-state index is 13.2. The third kappa shape index (κ3) is 11.5. The van der Waals surface area contributed by atoms with E-state index in [4.69, 9.17) is 5.73 Å². The number of nitrogens with two attached hydrogens (primary N) is 1. The number of rotatable bonds is 16. The Morgan fingerprint density at radius 1 is 0.886 bits per heavy atom. The fourth-order valence-corrected chi connectivity index (χ4v) is 4.17. The smallest absolute Gasteiger partial charge is 0.327 e. The molecule has 0 saturated carbocycles. The van der Waals surface area contributed by atoms with E-state index in [1.54, 1.807) is 23.9 Å². The molecule has 1 rings (SSSR count). The minimum absolute atomic E-state index is 0.0591. The van der Waals surface area contributed by atoms with Gasteiger partial charge in [-0.05, 0) is 54.6 Å². The van der Waals surface area contributed by atoms with Crippen LogP contribution in [-0.2, 0) is 25.6 Å². The van der Waals surface area contributed by atoms with E-state index in [0.717, 1.165) is 0 Å². The van der Waals surface area contributed by atoms with Crippen LogP contribution in [0.1, 0.15) is 18.4 Å². The molecule has 0 aliphatic carbocycles. The number of phenols is 1. The number of thiol groups is 1. The number of carboxylic acids is 1. The van der Waals surface area contributed by atoms with Gasteiger partial charge in [0, 0.05) is 12.2 Å². The van der Waals surface area contributed by atoms with Gasteiger partial charge >= 0.3 is 5.97 Å². The van der Waals surface area contributed by atoms with Crippen LogP contribution in [0.15, 0.2) is 24.3 Å². The standard InChI is InChI=1S/C22H34N4O6S3/c1-34-9-7-15(23)19(28)25-17(11-13-3-5-14(27)6-4-13)21(30)24-16(8-10-35-2)20(29)26-18(12-33)22(31)32/h3-6,15-18,27,33H,7-12,23H2,1-2H3,(H,24,30)(H,25,28)(H,26,29)(H,31,32). The van der Waals surface area contributed by atoms with Crippen molar-refractivity contribution in [2.75, 3.05) is 29.8 Å². The molecule has 4 unspecified atom stereocenters. The highest BCUT2D eigenvalue weighted by Gasteiger charge is 2.30. The van der Waals surface area contributed by atoms with Crippen LogP contribution >= 0.6 is 36.2 Å². The number of aliphatic carboxylic acids is 1. The molecule has 0 aliphatic rings. The van der Waals surface area contributed by atoms with E-state index < -0.39 is 47.9 Å². The molecule has 1 aromatic carbocycles. The zero-order valence-corrected chi connectivity index (χ0v) is 22.3. The van der Waals surface area contributed by atoms with Crippen LogP contribution in [-0.4, -0.2) is 87.8 Å². The van der Waals surface area contributed by atoms with E-state index in [0.29, 0.717) is 23.5 Å². The molecule has 10 nitrogen and oxygen atoms in total. The summed E-state index contributed by atoms with van der Waals surface area (Å²) < 4.78 is 0. The van der Waals surface area contributed by atoms with E-state index >= 15 is 0 Å². The summed E-state index contributed by atoms with van der Waals surface area (Å²) in [5, 5.41) is 26.4. The van der Waals surface area contributed by atoms with Gasteiger partial charge in [0.1, 0.15) is 23.9 Å². The third-order valence-corrected chi connectivity index (χ3v) is 6.67. The molecule has 0 radical (unpaired) electrons. The second-order valence-corrected chi connectivity index (χ2v) is 10.1. The van der Waals surface area contributed by atoms with Crippen molar-refractivity contribution < 1.29 is 29.4 Å². The number of carbonyl (C=O) groups is 4. The summed E-state index contributed by atoms with van der Waals surface area (Å²) in [6, 6.07) is 2.11. The molecule has 0 spiro atoms. The van der Waals surface area contributed by atoms with Gasteiger partial charge in [0.25, 0.3) is 0 Å². The highest BCUT2D eigenvalue weighted by molar-refractivity contribution is 7.98. The Morgan fingerprint density at radius 3 is 1.94 bits per heavy atom. The number of amides is 3. The van der Waals surface area contributed by atoms with E-state index in [1.807, 2.05) is 12.5 Å². The monoisotopic (exact) mass is 546 g/mol. The van der Waals surface area contributed by atoms with Gasteiger partial charge in [0.05, 0.1) is 6.04 Å². The largest absolute Gasteiger partial charge is 0.508 e. The summed E-state index contributed by atoms with van der Waals surface area (Å²) >= 11 is 6.96. The van der Waals surface area contributed by atoms with Gasteiger partial charge in [-0.1, -0.05) is 12.1 Å². The van der Waals surface area contributed by atoms with Crippen molar-refractivity contribution in [1.29, 1.82) is 0 Å². The fraction of sp³-hybridized carbons (Fsp3) is 0.545. The number of aromatic hydroxyl groups is 1.